The molecule has 1 amide bonds. The highest BCUT2D eigenvalue weighted by Crippen LogP contribution is 2.55. The van der Waals surface area contributed by atoms with Gasteiger partial charge >= 0.3 is 0 Å². The van der Waals surface area contributed by atoms with Crippen LogP contribution in [0.4, 0.5) is 0 Å². The van der Waals surface area contributed by atoms with E-state index in [1.165, 1.54) is 0 Å². The molecule has 3 aliphatic rings. The van der Waals surface area contributed by atoms with E-state index in [-0.39, 0.29) is 23.8 Å². The van der Waals surface area contributed by atoms with Gasteiger partial charge in [-0.3, -0.25) is 4.79 Å². The second-order valence-corrected chi connectivity index (χ2v) is 6.98. The quantitative estimate of drug-likeness (QED) is 0.799. The average molecular weight is 337 g/mol. The molecule has 0 saturated carbocycles. The minimum absolute atomic E-state index is 0.108. The third-order valence-electron chi connectivity index (χ3n) is 5.48. The SMILES string of the molecule is CCc1noc(C2C3C=CC4(CN(Cc5ccccc5)C(=O)C24)O3)n1. The van der Waals surface area contributed by atoms with Crippen LogP contribution in [0.1, 0.15) is 30.1 Å². The highest BCUT2D eigenvalue weighted by Gasteiger charge is 2.66. The number of carbonyl (C=O) groups excluding carboxylic acids is 1. The number of fused-ring (bicyclic) bond motifs is 1. The van der Waals surface area contributed by atoms with Gasteiger partial charge in [0.1, 0.15) is 5.60 Å². The molecule has 6 heteroatoms. The number of amides is 1. The monoisotopic (exact) mass is 337 g/mol. The van der Waals surface area contributed by atoms with Crippen molar-refractivity contribution < 1.29 is 14.1 Å². The smallest absolute Gasteiger partial charge is 0.233 e. The highest BCUT2D eigenvalue weighted by atomic mass is 16.5. The predicted octanol–water partition coefficient (Wildman–Crippen LogP) is 2.08. The Bertz CT molecular complexity index is 847. The Morgan fingerprint density at radius 1 is 1.32 bits per heavy atom. The summed E-state index contributed by atoms with van der Waals surface area (Å²) in [7, 11) is 0. The molecule has 2 saturated heterocycles. The Kier molecular flexibility index (Phi) is 3.12. The van der Waals surface area contributed by atoms with Gasteiger partial charge in [-0.2, -0.15) is 4.98 Å². The van der Waals surface area contributed by atoms with Crippen LogP contribution in [0.15, 0.2) is 47.0 Å². The molecule has 2 fully saturated rings. The molecule has 0 aliphatic carbocycles. The fourth-order valence-corrected chi connectivity index (χ4v) is 4.34. The number of likely N-dealkylation sites (tertiary alicyclic amines) is 1. The van der Waals surface area contributed by atoms with Crippen LogP contribution in [0.25, 0.3) is 0 Å². The maximum absolute atomic E-state index is 13.2. The summed E-state index contributed by atoms with van der Waals surface area (Å²) in [5.74, 6) is 0.828. The Balaban J connectivity index is 1.46. The third kappa shape index (κ3) is 2.10. The van der Waals surface area contributed by atoms with Crippen molar-refractivity contribution in [2.24, 2.45) is 5.92 Å². The van der Waals surface area contributed by atoms with Crippen LogP contribution in [0, 0.1) is 5.92 Å². The fraction of sp³-hybridized carbons (Fsp3) is 0.421. The molecule has 4 atom stereocenters. The van der Waals surface area contributed by atoms with Crippen LogP contribution in [-0.4, -0.2) is 39.2 Å². The van der Waals surface area contributed by atoms with E-state index in [4.69, 9.17) is 9.26 Å². The summed E-state index contributed by atoms with van der Waals surface area (Å²) in [6.45, 7) is 3.15. The molecule has 5 rings (SSSR count). The van der Waals surface area contributed by atoms with Crippen LogP contribution in [0.5, 0.6) is 0 Å². The number of hydrogen-bond acceptors (Lipinski definition) is 5. The van der Waals surface area contributed by atoms with Crippen LogP contribution >= 0.6 is 0 Å². The first-order valence-corrected chi connectivity index (χ1v) is 8.72. The standard InChI is InChI=1S/C19H19N3O3/c1-2-14-20-17(25-21-14)15-13-8-9-19(24-13)11-22(18(23)16(15)19)10-12-6-4-3-5-7-12/h3-9,13,15-16H,2,10-11H2,1H3. The van der Waals surface area contributed by atoms with Crippen molar-refractivity contribution in [1.29, 1.82) is 0 Å². The number of carbonyl (C=O) groups is 1. The molecule has 1 aromatic heterocycles. The van der Waals surface area contributed by atoms with Crippen molar-refractivity contribution >= 4 is 5.91 Å². The van der Waals surface area contributed by atoms with Gasteiger partial charge < -0.3 is 14.2 Å². The van der Waals surface area contributed by atoms with Crippen molar-refractivity contribution in [3.05, 3.63) is 59.8 Å². The van der Waals surface area contributed by atoms with Crippen LogP contribution in [0.2, 0.25) is 0 Å². The van der Waals surface area contributed by atoms with Gasteiger partial charge in [0.2, 0.25) is 11.8 Å². The molecule has 6 nitrogen and oxygen atoms in total. The lowest BCUT2D eigenvalue weighted by Gasteiger charge is -2.21. The normalized spacial score (nSPS) is 32.6. The van der Waals surface area contributed by atoms with E-state index in [9.17, 15) is 4.79 Å². The zero-order chi connectivity index (χ0) is 17.0. The lowest BCUT2D eigenvalue weighted by atomic mass is 9.77. The first kappa shape index (κ1) is 14.8. The lowest BCUT2D eigenvalue weighted by Crippen LogP contribution is -2.34. The highest BCUT2D eigenvalue weighted by molar-refractivity contribution is 5.86. The van der Waals surface area contributed by atoms with Crippen molar-refractivity contribution in [2.45, 2.75) is 37.5 Å². The molecule has 1 spiro atoms. The third-order valence-corrected chi connectivity index (χ3v) is 5.48. The number of benzene rings is 1. The molecular weight excluding hydrogens is 318 g/mol. The average Bonchev–Trinajstić information content (AvgIpc) is 3.37. The molecule has 25 heavy (non-hydrogen) atoms. The van der Waals surface area contributed by atoms with Gasteiger partial charge in [0.05, 0.1) is 24.5 Å². The number of nitrogens with zero attached hydrogens (tertiary/aromatic N) is 3. The fourth-order valence-electron chi connectivity index (χ4n) is 4.34. The Hall–Kier alpha value is -2.47. The minimum atomic E-state index is -0.554. The van der Waals surface area contributed by atoms with E-state index in [0.717, 1.165) is 5.56 Å². The van der Waals surface area contributed by atoms with Crippen LogP contribution < -0.4 is 0 Å². The first-order valence-electron chi connectivity index (χ1n) is 8.72. The zero-order valence-corrected chi connectivity index (χ0v) is 14.0. The van der Waals surface area contributed by atoms with Gasteiger partial charge in [-0.15, -0.1) is 0 Å². The largest absolute Gasteiger partial charge is 0.360 e. The van der Waals surface area contributed by atoms with Gasteiger partial charge in [0.25, 0.3) is 0 Å². The van der Waals surface area contributed by atoms with Gasteiger partial charge in [-0.1, -0.05) is 54.6 Å². The number of aryl methyl sites for hydroxylation is 1. The van der Waals surface area contributed by atoms with Crippen LogP contribution in [0.3, 0.4) is 0 Å². The molecule has 0 radical (unpaired) electrons. The van der Waals surface area contributed by atoms with Crippen molar-refractivity contribution in [3.63, 3.8) is 0 Å². The van der Waals surface area contributed by atoms with Crippen molar-refractivity contribution in [3.8, 4) is 0 Å². The Morgan fingerprint density at radius 2 is 2.16 bits per heavy atom. The molecule has 4 unspecified atom stereocenters. The second kappa shape index (κ2) is 5.26. The van der Waals surface area contributed by atoms with E-state index >= 15 is 0 Å². The molecular formula is C19H19N3O3. The summed E-state index contributed by atoms with van der Waals surface area (Å²) in [6, 6.07) is 10.0. The Labute approximate surface area is 145 Å². The summed E-state index contributed by atoms with van der Waals surface area (Å²) < 4.78 is 11.7. The minimum Gasteiger partial charge on any atom is -0.360 e. The summed E-state index contributed by atoms with van der Waals surface area (Å²) in [5.41, 5.74) is 0.565. The molecule has 0 N–H and O–H groups in total. The molecule has 128 valence electrons. The van der Waals surface area contributed by atoms with Gasteiger partial charge in [0.15, 0.2) is 5.82 Å². The maximum Gasteiger partial charge on any atom is 0.233 e. The molecule has 1 aromatic carbocycles. The van der Waals surface area contributed by atoms with Crippen molar-refractivity contribution in [2.75, 3.05) is 6.54 Å². The van der Waals surface area contributed by atoms with E-state index in [2.05, 4.69) is 16.2 Å². The van der Waals surface area contributed by atoms with E-state index in [0.29, 0.717) is 31.2 Å². The molecule has 2 bridgehead atoms. The van der Waals surface area contributed by atoms with E-state index in [1.807, 2.05) is 48.2 Å². The van der Waals surface area contributed by atoms with Crippen molar-refractivity contribution in [1.82, 2.24) is 15.0 Å². The molecule has 2 aromatic rings. The summed E-state index contributed by atoms with van der Waals surface area (Å²) in [5, 5.41) is 4.00. The van der Waals surface area contributed by atoms with Gasteiger partial charge in [-0.05, 0) is 5.56 Å². The maximum atomic E-state index is 13.2. The number of aromatic nitrogens is 2. The number of rotatable bonds is 4. The van der Waals surface area contributed by atoms with Gasteiger partial charge in [-0.25, -0.2) is 0 Å². The molecule has 3 aliphatic heterocycles. The first-order chi connectivity index (χ1) is 12.2. The van der Waals surface area contributed by atoms with Crippen LogP contribution in [-0.2, 0) is 22.5 Å². The van der Waals surface area contributed by atoms with E-state index < -0.39 is 5.60 Å². The summed E-state index contributed by atoms with van der Waals surface area (Å²) >= 11 is 0. The topological polar surface area (TPSA) is 68.5 Å². The molecule has 4 heterocycles. The second-order valence-electron chi connectivity index (χ2n) is 6.98. The summed E-state index contributed by atoms with van der Waals surface area (Å²) in [6.07, 6.45) is 4.65. The zero-order valence-electron chi connectivity index (χ0n) is 14.0. The Morgan fingerprint density at radius 3 is 2.92 bits per heavy atom. The number of ether oxygens (including phenoxy) is 1. The van der Waals surface area contributed by atoms with E-state index in [1.54, 1.807) is 0 Å². The summed E-state index contributed by atoms with van der Waals surface area (Å²) in [4.78, 5) is 19.5. The van der Waals surface area contributed by atoms with Gasteiger partial charge in [0, 0.05) is 13.0 Å². The number of hydrogen-bond donors (Lipinski definition) is 0. The predicted molar refractivity (Wildman–Crippen MR) is 88.5 cm³/mol. The lowest BCUT2D eigenvalue weighted by molar-refractivity contribution is -0.132.